The van der Waals surface area contributed by atoms with E-state index >= 15 is 0 Å². The molecule has 0 saturated heterocycles. The number of carbonyl (C=O) groups is 1. The summed E-state index contributed by atoms with van der Waals surface area (Å²) in [4.78, 5) is 11.6. The number of aryl methyl sites for hydroxylation is 1. The van der Waals surface area contributed by atoms with E-state index in [1.807, 2.05) is 6.07 Å². The highest BCUT2D eigenvalue weighted by atomic mass is 16.7. The second kappa shape index (κ2) is 13.3. The Morgan fingerprint density at radius 2 is 1.34 bits per heavy atom. The Balaban J connectivity index is 2.88. The monoisotopic (exact) mass is 438 g/mol. The maximum absolute atomic E-state index is 11.6. The summed E-state index contributed by atoms with van der Waals surface area (Å²) in [6.45, 7) is 11.1. The molecule has 0 spiro atoms. The van der Waals surface area contributed by atoms with E-state index in [2.05, 4.69) is 52.8 Å². The first-order valence-electron chi connectivity index (χ1n) is 12.7. The van der Waals surface area contributed by atoms with Crippen molar-refractivity contribution in [3.63, 3.8) is 0 Å². The van der Waals surface area contributed by atoms with Crippen molar-refractivity contribution in [2.75, 3.05) is 0 Å². The van der Waals surface area contributed by atoms with E-state index in [1.54, 1.807) is 0 Å². The van der Waals surface area contributed by atoms with E-state index in [-0.39, 0.29) is 0 Å². The van der Waals surface area contributed by atoms with Gasteiger partial charge in [0, 0.05) is 0 Å². The van der Waals surface area contributed by atoms with Crippen molar-refractivity contribution < 1.29 is 14.6 Å². The SMILES string of the molecule is CCCCc1c(OC(=O)O)cc(-c2cccc(CC)c2CC)c(CCCC)c1CCCC. The van der Waals surface area contributed by atoms with Gasteiger partial charge in [-0.1, -0.05) is 72.1 Å². The lowest BCUT2D eigenvalue weighted by Gasteiger charge is -2.24. The summed E-state index contributed by atoms with van der Waals surface area (Å²) in [5.74, 6) is 0.538. The van der Waals surface area contributed by atoms with Crippen molar-refractivity contribution in [1.82, 2.24) is 0 Å². The third kappa shape index (κ3) is 6.37. The highest BCUT2D eigenvalue weighted by Gasteiger charge is 2.22. The van der Waals surface area contributed by atoms with E-state index in [4.69, 9.17) is 4.74 Å². The topological polar surface area (TPSA) is 46.5 Å². The predicted molar refractivity (Wildman–Crippen MR) is 135 cm³/mol. The fraction of sp³-hybridized carbons (Fsp3) is 0.552. The number of rotatable bonds is 13. The van der Waals surface area contributed by atoms with Gasteiger partial charge in [-0.05, 0) is 96.4 Å². The van der Waals surface area contributed by atoms with E-state index in [0.29, 0.717) is 5.75 Å². The van der Waals surface area contributed by atoms with Gasteiger partial charge in [0.15, 0.2) is 0 Å². The molecule has 3 heteroatoms. The maximum Gasteiger partial charge on any atom is 0.511 e. The summed E-state index contributed by atoms with van der Waals surface area (Å²) in [7, 11) is 0. The molecule has 0 atom stereocenters. The lowest BCUT2D eigenvalue weighted by atomic mass is 9.82. The minimum absolute atomic E-state index is 0.538. The van der Waals surface area contributed by atoms with Gasteiger partial charge in [0.1, 0.15) is 5.75 Å². The molecule has 32 heavy (non-hydrogen) atoms. The molecule has 0 fully saturated rings. The number of hydrogen-bond donors (Lipinski definition) is 1. The van der Waals surface area contributed by atoms with Crippen molar-refractivity contribution in [2.24, 2.45) is 0 Å². The van der Waals surface area contributed by atoms with E-state index in [1.165, 1.54) is 33.4 Å². The largest absolute Gasteiger partial charge is 0.511 e. The number of hydrogen-bond acceptors (Lipinski definition) is 2. The Kier molecular flexibility index (Phi) is 10.8. The average molecular weight is 439 g/mol. The number of unbranched alkanes of at least 4 members (excludes halogenated alkanes) is 3. The van der Waals surface area contributed by atoms with Crippen LogP contribution >= 0.6 is 0 Å². The average Bonchev–Trinajstić information content (AvgIpc) is 2.79. The van der Waals surface area contributed by atoms with Crippen LogP contribution in [0.4, 0.5) is 4.79 Å². The molecule has 0 amide bonds. The van der Waals surface area contributed by atoms with Gasteiger partial charge in [-0.2, -0.15) is 0 Å². The highest BCUT2D eigenvalue weighted by molar-refractivity contribution is 5.77. The molecule has 0 aliphatic carbocycles. The molecule has 0 radical (unpaired) electrons. The van der Waals surface area contributed by atoms with E-state index < -0.39 is 6.16 Å². The smallest absolute Gasteiger partial charge is 0.449 e. The van der Waals surface area contributed by atoms with E-state index in [9.17, 15) is 9.90 Å². The molecule has 0 aromatic heterocycles. The summed E-state index contributed by atoms with van der Waals surface area (Å²) in [5, 5.41) is 9.52. The van der Waals surface area contributed by atoms with Crippen LogP contribution in [-0.2, 0) is 32.1 Å². The molecule has 0 saturated carbocycles. The molecule has 0 unspecified atom stereocenters. The molecule has 1 N–H and O–H groups in total. The molecule has 2 rings (SSSR count). The van der Waals surface area contributed by atoms with Gasteiger partial charge in [0.05, 0.1) is 0 Å². The van der Waals surface area contributed by atoms with Crippen molar-refractivity contribution in [2.45, 2.75) is 105 Å². The number of ether oxygens (including phenoxy) is 1. The fourth-order valence-electron chi connectivity index (χ4n) is 4.78. The van der Waals surface area contributed by atoms with Crippen molar-refractivity contribution in [1.29, 1.82) is 0 Å². The van der Waals surface area contributed by atoms with Crippen LogP contribution < -0.4 is 4.74 Å². The zero-order chi connectivity index (χ0) is 23.5. The standard InChI is InChI=1S/C29H42O3/c1-6-11-16-24-25(17-12-7-2)27(23-19-14-15-21(9-4)22(23)10-5)20-28(32-29(30)31)26(24)18-13-8-3/h14-15,19-20H,6-13,16-18H2,1-5H3,(H,30,31). The third-order valence-electron chi connectivity index (χ3n) is 6.46. The molecule has 0 bridgehead atoms. The Bertz CT molecular complexity index is 882. The molecule has 3 nitrogen and oxygen atoms in total. The zero-order valence-corrected chi connectivity index (χ0v) is 20.9. The molecule has 0 aliphatic rings. The third-order valence-corrected chi connectivity index (χ3v) is 6.46. The van der Waals surface area contributed by atoms with Crippen molar-refractivity contribution >= 4 is 6.16 Å². The van der Waals surface area contributed by atoms with Gasteiger partial charge < -0.3 is 9.84 Å². The molecular formula is C29H42O3. The Labute approximate surface area is 195 Å². The van der Waals surface area contributed by atoms with Gasteiger partial charge in [0.2, 0.25) is 0 Å². The Morgan fingerprint density at radius 1 is 0.750 bits per heavy atom. The van der Waals surface area contributed by atoms with Crippen LogP contribution in [0.15, 0.2) is 24.3 Å². The van der Waals surface area contributed by atoms with E-state index in [0.717, 1.165) is 76.2 Å². The van der Waals surface area contributed by atoms with Gasteiger partial charge in [-0.15, -0.1) is 0 Å². The van der Waals surface area contributed by atoms with Crippen molar-refractivity contribution in [3.05, 3.63) is 52.1 Å². The maximum atomic E-state index is 11.6. The first-order chi connectivity index (χ1) is 15.5. The summed E-state index contributed by atoms with van der Waals surface area (Å²) in [5.41, 5.74) is 9.02. The predicted octanol–water partition coefficient (Wildman–Crippen LogP) is 8.56. The van der Waals surface area contributed by atoms with Crippen LogP contribution in [-0.4, -0.2) is 11.3 Å². The van der Waals surface area contributed by atoms with Crippen LogP contribution in [0.2, 0.25) is 0 Å². The summed E-state index contributed by atoms with van der Waals surface area (Å²) in [6, 6.07) is 8.61. The lowest BCUT2D eigenvalue weighted by Crippen LogP contribution is -2.11. The van der Waals surface area contributed by atoms with Crippen LogP contribution in [0.5, 0.6) is 5.75 Å². The Morgan fingerprint density at radius 3 is 1.88 bits per heavy atom. The summed E-state index contributed by atoms with van der Waals surface area (Å²) in [6.07, 6.45) is 10.2. The molecule has 176 valence electrons. The number of benzene rings is 2. The summed E-state index contributed by atoms with van der Waals surface area (Å²) < 4.78 is 5.43. The van der Waals surface area contributed by atoms with Gasteiger partial charge in [0.25, 0.3) is 0 Å². The zero-order valence-electron chi connectivity index (χ0n) is 20.9. The highest BCUT2D eigenvalue weighted by Crippen LogP contribution is 2.40. The normalized spacial score (nSPS) is 11.0. The molecule has 2 aromatic rings. The van der Waals surface area contributed by atoms with Crippen LogP contribution in [0, 0.1) is 0 Å². The lowest BCUT2D eigenvalue weighted by molar-refractivity contribution is 0.144. The summed E-state index contributed by atoms with van der Waals surface area (Å²) >= 11 is 0. The fourth-order valence-corrected chi connectivity index (χ4v) is 4.78. The molecular weight excluding hydrogens is 396 g/mol. The van der Waals surface area contributed by atoms with Crippen LogP contribution in [0.25, 0.3) is 11.1 Å². The minimum atomic E-state index is -1.23. The minimum Gasteiger partial charge on any atom is -0.449 e. The first-order valence-corrected chi connectivity index (χ1v) is 12.7. The van der Waals surface area contributed by atoms with Crippen molar-refractivity contribution in [3.8, 4) is 16.9 Å². The Hall–Kier alpha value is -2.29. The van der Waals surface area contributed by atoms with Crippen LogP contribution in [0.3, 0.4) is 0 Å². The first kappa shape index (κ1) is 26.0. The van der Waals surface area contributed by atoms with Gasteiger partial charge in [-0.3, -0.25) is 0 Å². The second-order valence-corrected chi connectivity index (χ2v) is 8.69. The molecule has 0 heterocycles. The molecule has 2 aromatic carbocycles. The number of carboxylic acid groups (broad SMARTS) is 1. The van der Waals surface area contributed by atoms with Gasteiger partial charge in [-0.25, -0.2) is 4.79 Å². The van der Waals surface area contributed by atoms with Crippen LogP contribution in [0.1, 0.15) is 101 Å². The quantitative estimate of drug-likeness (QED) is 0.252. The molecule has 0 aliphatic heterocycles. The second-order valence-electron chi connectivity index (χ2n) is 8.69. The van der Waals surface area contributed by atoms with Gasteiger partial charge >= 0.3 is 6.16 Å².